The Balaban J connectivity index is 1.44. The van der Waals surface area contributed by atoms with Crippen molar-refractivity contribution in [1.29, 1.82) is 0 Å². The minimum absolute atomic E-state index is 0.145. The molecule has 0 aliphatic heterocycles. The van der Waals surface area contributed by atoms with Crippen LogP contribution in [0.2, 0.25) is 0 Å². The Labute approximate surface area is 210 Å². The summed E-state index contributed by atoms with van der Waals surface area (Å²) in [7, 11) is -7.50. The molecule has 0 aromatic heterocycles. The second-order valence-electron chi connectivity index (χ2n) is 8.32. The predicted molar refractivity (Wildman–Crippen MR) is 140 cm³/mol. The summed E-state index contributed by atoms with van der Waals surface area (Å²) in [6.07, 6.45) is 0. The van der Waals surface area contributed by atoms with Crippen LogP contribution in [-0.4, -0.2) is 22.6 Å². The van der Waals surface area contributed by atoms with Crippen molar-refractivity contribution in [3.05, 3.63) is 119 Å². The molecule has 0 radical (unpaired) electrons. The lowest BCUT2D eigenvalue weighted by molar-refractivity contribution is 0.103. The van der Waals surface area contributed by atoms with Crippen molar-refractivity contribution in [3.63, 3.8) is 0 Å². The first kappa shape index (κ1) is 25.2. The number of nitrogens with one attached hydrogen (secondary N) is 2. The van der Waals surface area contributed by atoms with E-state index in [1.54, 1.807) is 24.3 Å². The maximum atomic E-state index is 12.9. The summed E-state index contributed by atoms with van der Waals surface area (Å²) in [6.45, 7) is 3.74. The van der Waals surface area contributed by atoms with Gasteiger partial charge in [0.2, 0.25) is 0 Å². The third-order valence-corrected chi connectivity index (χ3v) is 8.26. The molecule has 0 fully saturated rings. The number of carbonyl (C=O) groups excluding carboxylic acids is 1. The van der Waals surface area contributed by atoms with E-state index in [-0.39, 0.29) is 15.6 Å². The van der Waals surface area contributed by atoms with Crippen LogP contribution in [0.25, 0.3) is 0 Å². The van der Waals surface area contributed by atoms with Crippen molar-refractivity contribution in [1.82, 2.24) is 0 Å². The lowest BCUT2D eigenvalue weighted by Crippen LogP contribution is -2.13. The van der Waals surface area contributed by atoms with Crippen LogP contribution in [0.5, 0.6) is 0 Å². The van der Waals surface area contributed by atoms with Crippen LogP contribution in [0.15, 0.2) is 107 Å². The topological polar surface area (TPSA) is 109 Å². The van der Waals surface area contributed by atoms with Gasteiger partial charge < -0.3 is 0 Å². The van der Waals surface area contributed by atoms with Gasteiger partial charge >= 0.3 is 0 Å². The van der Waals surface area contributed by atoms with E-state index in [9.17, 15) is 21.6 Å². The van der Waals surface area contributed by atoms with Crippen LogP contribution in [0.1, 0.15) is 27.0 Å². The quantitative estimate of drug-likeness (QED) is 0.313. The molecule has 0 saturated carbocycles. The highest BCUT2D eigenvalue weighted by Gasteiger charge is 2.16. The Bertz CT molecular complexity index is 1470. The Kier molecular flexibility index (Phi) is 6.96. The van der Waals surface area contributed by atoms with Crippen LogP contribution in [0, 0.1) is 13.8 Å². The van der Waals surface area contributed by atoms with Crippen molar-refractivity contribution >= 4 is 37.2 Å². The second kappa shape index (κ2) is 9.96. The smallest absolute Gasteiger partial charge is 0.261 e. The van der Waals surface area contributed by atoms with E-state index in [0.29, 0.717) is 22.5 Å². The zero-order chi connectivity index (χ0) is 25.9. The van der Waals surface area contributed by atoms with Gasteiger partial charge in [-0.15, -0.1) is 0 Å². The fourth-order valence-electron chi connectivity index (χ4n) is 3.41. The van der Waals surface area contributed by atoms with E-state index >= 15 is 0 Å². The summed E-state index contributed by atoms with van der Waals surface area (Å²) in [5.74, 6) is -0.282. The van der Waals surface area contributed by atoms with Gasteiger partial charge in [-0.25, -0.2) is 16.8 Å². The number of sulfonamides is 2. The molecule has 0 amide bonds. The maximum absolute atomic E-state index is 12.9. The van der Waals surface area contributed by atoms with Gasteiger partial charge in [0.15, 0.2) is 5.78 Å². The highest BCUT2D eigenvalue weighted by atomic mass is 32.2. The molecule has 0 spiro atoms. The summed E-state index contributed by atoms with van der Waals surface area (Å²) in [6, 6.07) is 25.2. The van der Waals surface area contributed by atoms with Gasteiger partial charge in [0, 0.05) is 22.5 Å². The first-order chi connectivity index (χ1) is 17.0. The number of rotatable bonds is 8. The molecule has 4 aromatic rings. The summed E-state index contributed by atoms with van der Waals surface area (Å²) in [5, 5.41) is 0. The average molecular weight is 521 g/mol. The molecule has 7 nitrogen and oxygen atoms in total. The predicted octanol–water partition coefficient (Wildman–Crippen LogP) is 5.14. The van der Waals surface area contributed by atoms with Gasteiger partial charge in [-0.05, 0) is 86.6 Å². The molecular formula is C27H24N2O5S2. The van der Waals surface area contributed by atoms with Crippen molar-refractivity contribution in [2.75, 3.05) is 9.44 Å². The largest absolute Gasteiger partial charge is 0.289 e. The highest BCUT2D eigenvalue weighted by molar-refractivity contribution is 7.93. The molecule has 36 heavy (non-hydrogen) atoms. The zero-order valence-corrected chi connectivity index (χ0v) is 21.2. The zero-order valence-electron chi connectivity index (χ0n) is 19.6. The third kappa shape index (κ3) is 5.81. The molecule has 0 aliphatic carbocycles. The van der Waals surface area contributed by atoms with Crippen LogP contribution < -0.4 is 9.44 Å². The Morgan fingerprint density at radius 3 is 1.11 bits per heavy atom. The van der Waals surface area contributed by atoms with E-state index in [4.69, 9.17) is 0 Å². The van der Waals surface area contributed by atoms with E-state index < -0.39 is 20.0 Å². The van der Waals surface area contributed by atoms with Gasteiger partial charge in [0.25, 0.3) is 20.0 Å². The second-order valence-corrected chi connectivity index (χ2v) is 11.7. The number of hydrogen-bond acceptors (Lipinski definition) is 5. The molecule has 184 valence electrons. The first-order valence-corrected chi connectivity index (χ1v) is 13.9. The number of aryl methyl sites for hydroxylation is 2. The summed E-state index contributed by atoms with van der Waals surface area (Å²) in [5.41, 5.74) is 3.28. The van der Waals surface area contributed by atoms with Crippen molar-refractivity contribution < 1.29 is 21.6 Å². The number of carbonyl (C=O) groups is 1. The molecular weight excluding hydrogens is 496 g/mol. The number of anilines is 2. The van der Waals surface area contributed by atoms with E-state index in [1.165, 1.54) is 72.8 Å². The maximum Gasteiger partial charge on any atom is 0.261 e. The van der Waals surface area contributed by atoms with Crippen LogP contribution in [-0.2, 0) is 20.0 Å². The minimum Gasteiger partial charge on any atom is -0.289 e. The first-order valence-electron chi connectivity index (χ1n) is 11.0. The number of benzene rings is 4. The lowest BCUT2D eigenvalue weighted by atomic mass is 10.0. The number of ketones is 1. The molecule has 0 bridgehead atoms. The van der Waals surface area contributed by atoms with Crippen molar-refractivity contribution in [2.24, 2.45) is 0 Å². The Morgan fingerprint density at radius 2 is 0.806 bits per heavy atom. The van der Waals surface area contributed by atoms with E-state index in [2.05, 4.69) is 9.44 Å². The van der Waals surface area contributed by atoms with Gasteiger partial charge in [0.1, 0.15) is 0 Å². The summed E-state index contributed by atoms with van der Waals surface area (Å²) < 4.78 is 55.3. The SMILES string of the molecule is Cc1ccc(S(=O)(=O)Nc2ccc(C(=O)c3ccc(NS(=O)(=O)c4ccc(C)cc4)cc3)cc2)cc1. The van der Waals surface area contributed by atoms with Crippen LogP contribution in [0.3, 0.4) is 0 Å². The molecule has 0 saturated heterocycles. The van der Waals surface area contributed by atoms with Gasteiger partial charge in [-0.1, -0.05) is 35.4 Å². The lowest BCUT2D eigenvalue weighted by Gasteiger charge is -2.10. The molecule has 4 rings (SSSR count). The average Bonchev–Trinajstić information content (AvgIpc) is 2.85. The third-order valence-electron chi connectivity index (χ3n) is 5.46. The molecule has 0 heterocycles. The van der Waals surface area contributed by atoms with Gasteiger partial charge in [-0.3, -0.25) is 14.2 Å². The van der Waals surface area contributed by atoms with E-state index in [1.807, 2.05) is 13.8 Å². The van der Waals surface area contributed by atoms with Crippen molar-refractivity contribution in [3.8, 4) is 0 Å². The normalized spacial score (nSPS) is 11.6. The number of hydrogen-bond donors (Lipinski definition) is 2. The molecule has 4 aromatic carbocycles. The van der Waals surface area contributed by atoms with E-state index in [0.717, 1.165) is 11.1 Å². The van der Waals surface area contributed by atoms with Crippen LogP contribution in [0.4, 0.5) is 11.4 Å². The fraction of sp³-hybridized carbons (Fsp3) is 0.0741. The fourth-order valence-corrected chi connectivity index (χ4v) is 5.53. The minimum atomic E-state index is -3.75. The molecule has 0 aliphatic rings. The summed E-state index contributed by atoms with van der Waals surface area (Å²) in [4.78, 5) is 13.2. The Hall–Kier alpha value is -3.95. The van der Waals surface area contributed by atoms with Crippen LogP contribution >= 0.6 is 0 Å². The standard InChI is InChI=1S/C27H24N2O5S2/c1-19-3-15-25(16-4-19)35(31,32)28-23-11-7-21(8-12-23)27(30)22-9-13-24(14-10-22)29-36(33,34)26-17-5-20(2)6-18-26/h3-18,28-29H,1-2H3. The summed E-state index contributed by atoms with van der Waals surface area (Å²) >= 11 is 0. The molecule has 2 N–H and O–H groups in total. The molecule has 9 heteroatoms. The van der Waals surface area contributed by atoms with Gasteiger partial charge in [0.05, 0.1) is 9.79 Å². The monoisotopic (exact) mass is 520 g/mol. The molecule has 0 unspecified atom stereocenters. The van der Waals surface area contributed by atoms with Crippen molar-refractivity contribution in [2.45, 2.75) is 23.6 Å². The van der Waals surface area contributed by atoms with Gasteiger partial charge in [-0.2, -0.15) is 0 Å². The molecule has 0 atom stereocenters. The highest BCUT2D eigenvalue weighted by Crippen LogP contribution is 2.21. The Morgan fingerprint density at radius 1 is 0.500 bits per heavy atom.